The van der Waals surface area contributed by atoms with E-state index < -0.39 is 4.92 Å². The Kier molecular flexibility index (Phi) is 5.31. The first kappa shape index (κ1) is 19.8. The van der Waals surface area contributed by atoms with Crippen molar-refractivity contribution in [2.45, 2.75) is 44.7 Å². The summed E-state index contributed by atoms with van der Waals surface area (Å²) in [5.74, 6) is -0.987. The molecule has 1 aliphatic heterocycles. The van der Waals surface area contributed by atoms with E-state index in [0.29, 0.717) is 16.7 Å². The molecule has 0 atom stereocenters. The second kappa shape index (κ2) is 8.06. The molecule has 0 radical (unpaired) electrons. The molecule has 3 amide bonds. The summed E-state index contributed by atoms with van der Waals surface area (Å²) in [6.45, 7) is 0.189. The van der Waals surface area contributed by atoms with Gasteiger partial charge < -0.3 is 5.32 Å². The normalized spacial score (nSPS) is 16.5. The molecule has 4 rings (SSSR count). The number of hydrogen-bond acceptors (Lipinski definition) is 5. The fourth-order valence-corrected chi connectivity index (χ4v) is 4.09. The van der Waals surface area contributed by atoms with E-state index in [1.54, 1.807) is 24.3 Å². The third-order valence-electron chi connectivity index (χ3n) is 5.72. The summed E-state index contributed by atoms with van der Waals surface area (Å²) in [7, 11) is 0. The molecule has 2 aromatic carbocycles. The topological polar surface area (TPSA) is 110 Å². The number of imide groups is 1. The monoisotopic (exact) mass is 407 g/mol. The molecule has 1 aliphatic carbocycles. The highest BCUT2D eigenvalue weighted by molar-refractivity contribution is 6.22. The van der Waals surface area contributed by atoms with Crippen LogP contribution in [0.2, 0.25) is 0 Å². The number of nitrogens with zero attached hydrogens (tertiary/aromatic N) is 2. The summed E-state index contributed by atoms with van der Waals surface area (Å²) in [6, 6.07) is 10.4. The maximum atomic E-state index is 12.9. The van der Waals surface area contributed by atoms with Crippen LogP contribution in [-0.4, -0.2) is 33.6 Å². The van der Waals surface area contributed by atoms with E-state index in [-0.39, 0.29) is 41.6 Å². The number of nitro benzene ring substituents is 1. The smallest absolute Gasteiger partial charge is 0.269 e. The van der Waals surface area contributed by atoms with E-state index in [4.69, 9.17) is 0 Å². The van der Waals surface area contributed by atoms with Crippen LogP contribution in [0.4, 0.5) is 5.69 Å². The number of hydrogen-bond donors (Lipinski definition) is 1. The van der Waals surface area contributed by atoms with Gasteiger partial charge >= 0.3 is 0 Å². The van der Waals surface area contributed by atoms with Gasteiger partial charge in [-0.05, 0) is 36.6 Å². The van der Waals surface area contributed by atoms with Crippen molar-refractivity contribution in [3.8, 4) is 0 Å². The number of nitrogens with one attached hydrogen (secondary N) is 1. The zero-order valence-corrected chi connectivity index (χ0v) is 16.3. The Hall–Kier alpha value is -3.55. The predicted octanol–water partition coefficient (Wildman–Crippen LogP) is 3.45. The Morgan fingerprint density at radius 1 is 1.00 bits per heavy atom. The second-order valence-electron chi connectivity index (χ2n) is 7.64. The van der Waals surface area contributed by atoms with E-state index in [2.05, 4.69) is 5.32 Å². The lowest BCUT2D eigenvalue weighted by molar-refractivity contribution is -0.384. The Morgan fingerprint density at radius 3 is 2.33 bits per heavy atom. The van der Waals surface area contributed by atoms with Gasteiger partial charge in [0, 0.05) is 30.3 Å². The number of amides is 3. The molecule has 1 heterocycles. The SMILES string of the molecule is O=C(NCc1ccc([N+](=O)[O-])cc1)c1ccc2c(c1)C(=O)N(C1CCCCC1)C2=O. The summed E-state index contributed by atoms with van der Waals surface area (Å²) in [6.07, 6.45) is 4.80. The van der Waals surface area contributed by atoms with Gasteiger partial charge in [-0.3, -0.25) is 29.4 Å². The standard InChI is InChI=1S/C22H21N3O5/c26-20(23-13-14-6-9-17(10-7-14)25(29)30)15-8-11-18-19(12-15)22(28)24(21(18)27)16-4-2-1-3-5-16/h6-12,16H,1-5,13H2,(H,23,26). The van der Waals surface area contributed by atoms with Crippen LogP contribution in [0.25, 0.3) is 0 Å². The molecule has 0 aromatic heterocycles. The van der Waals surface area contributed by atoms with Gasteiger partial charge in [-0.2, -0.15) is 0 Å². The van der Waals surface area contributed by atoms with Gasteiger partial charge in [0.05, 0.1) is 16.1 Å². The van der Waals surface area contributed by atoms with Crippen molar-refractivity contribution < 1.29 is 19.3 Å². The second-order valence-corrected chi connectivity index (χ2v) is 7.64. The van der Waals surface area contributed by atoms with E-state index in [9.17, 15) is 24.5 Å². The molecule has 0 spiro atoms. The maximum absolute atomic E-state index is 12.9. The van der Waals surface area contributed by atoms with Crippen LogP contribution in [0.3, 0.4) is 0 Å². The van der Waals surface area contributed by atoms with Crippen LogP contribution in [0.1, 0.15) is 68.7 Å². The minimum Gasteiger partial charge on any atom is -0.348 e. The van der Waals surface area contributed by atoms with Crippen molar-refractivity contribution in [3.05, 3.63) is 74.8 Å². The number of carbonyl (C=O) groups is 3. The van der Waals surface area contributed by atoms with Crippen LogP contribution < -0.4 is 5.32 Å². The van der Waals surface area contributed by atoms with E-state index in [0.717, 1.165) is 32.1 Å². The third-order valence-corrected chi connectivity index (χ3v) is 5.72. The molecule has 8 heteroatoms. The summed E-state index contributed by atoms with van der Waals surface area (Å²) in [5, 5.41) is 13.4. The van der Waals surface area contributed by atoms with Crippen molar-refractivity contribution >= 4 is 23.4 Å². The minimum atomic E-state index is -0.484. The van der Waals surface area contributed by atoms with E-state index in [1.165, 1.54) is 23.1 Å². The number of carbonyl (C=O) groups excluding carboxylic acids is 3. The summed E-state index contributed by atoms with van der Waals surface area (Å²) < 4.78 is 0. The van der Waals surface area contributed by atoms with Gasteiger partial charge in [-0.1, -0.05) is 31.4 Å². The van der Waals surface area contributed by atoms with Crippen LogP contribution in [0, 0.1) is 10.1 Å². The van der Waals surface area contributed by atoms with Crippen LogP contribution >= 0.6 is 0 Å². The minimum absolute atomic E-state index is 0.0191. The maximum Gasteiger partial charge on any atom is 0.269 e. The molecular formula is C22H21N3O5. The predicted molar refractivity (Wildman–Crippen MR) is 108 cm³/mol. The van der Waals surface area contributed by atoms with Crippen molar-refractivity contribution in [3.63, 3.8) is 0 Å². The Bertz CT molecular complexity index is 1030. The van der Waals surface area contributed by atoms with Gasteiger partial charge in [-0.25, -0.2) is 0 Å². The average molecular weight is 407 g/mol. The molecule has 8 nitrogen and oxygen atoms in total. The summed E-state index contributed by atoms with van der Waals surface area (Å²) in [4.78, 5) is 49.7. The first-order chi connectivity index (χ1) is 14.5. The first-order valence-corrected chi connectivity index (χ1v) is 9.99. The Labute approximate surface area is 173 Å². The largest absolute Gasteiger partial charge is 0.348 e. The zero-order chi connectivity index (χ0) is 21.3. The fourth-order valence-electron chi connectivity index (χ4n) is 4.09. The van der Waals surface area contributed by atoms with Crippen molar-refractivity contribution in [1.82, 2.24) is 10.2 Å². The average Bonchev–Trinajstić information content (AvgIpc) is 3.02. The van der Waals surface area contributed by atoms with Gasteiger partial charge in [-0.15, -0.1) is 0 Å². The molecule has 1 saturated carbocycles. The molecule has 0 bridgehead atoms. The highest BCUT2D eigenvalue weighted by Gasteiger charge is 2.40. The van der Waals surface area contributed by atoms with Gasteiger partial charge in [0.2, 0.25) is 0 Å². The number of fused-ring (bicyclic) bond motifs is 1. The molecule has 1 N–H and O–H groups in total. The summed E-state index contributed by atoms with van der Waals surface area (Å²) >= 11 is 0. The van der Waals surface area contributed by atoms with Crippen LogP contribution in [-0.2, 0) is 6.54 Å². The molecule has 154 valence electrons. The molecule has 2 aromatic rings. The van der Waals surface area contributed by atoms with Crippen molar-refractivity contribution in [2.75, 3.05) is 0 Å². The van der Waals surface area contributed by atoms with Crippen LogP contribution in [0.5, 0.6) is 0 Å². The molecule has 2 aliphatic rings. The summed E-state index contributed by atoms with van der Waals surface area (Å²) in [5.41, 5.74) is 1.60. The third kappa shape index (κ3) is 3.68. The molecular weight excluding hydrogens is 386 g/mol. The highest BCUT2D eigenvalue weighted by atomic mass is 16.6. The lowest BCUT2D eigenvalue weighted by atomic mass is 9.94. The molecule has 0 saturated heterocycles. The number of rotatable bonds is 5. The number of nitro groups is 1. The van der Waals surface area contributed by atoms with Crippen LogP contribution in [0.15, 0.2) is 42.5 Å². The van der Waals surface area contributed by atoms with Crippen molar-refractivity contribution in [1.29, 1.82) is 0 Å². The van der Waals surface area contributed by atoms with E-state index in [1.807, 2.05) is 0 Å². The number of benzene rings is 2. The lowest BCUT2D eigenvalue weighted by Crippen LogP contribution is -2.40. The number of non-ortho nitro benzene ring substituents is 1. The highest BCUT2D eigenvalue weighted by Crippen LogP contribution is 2.31. The molecule has 30 heavy (non-hydrogen) atoms. The van der Waals surface area contributed by atoms with Crippen molar-refractivity contribution in [2.24, 2.45) is 0 Å². The van der Waals surface area contributed by atoms with Gasteiger partial charge in [0.25, 0.3) is 23.4 Å². The van der Waals surface area contributed by atoms with Gasteiger partial charge in [0.1, 0.15) is 0 Å². The zero-order valence-electron chi connectivity index (χ0n) is 16.3. The lowest BCUT2D eigenvalue weighted by Gasteiger charge is -2.29. The molecule has 1 fully saturated rings. The molecule has 0 unspecified atom stereocenters. The quantitative estimate of drug-likeness (QED) is 0.464. The fraction of sp³-hybridized carbons (Fsp3) is 0.318. The van der Waals surface area contributed by atoms with Gasteiger partial charge in [0.15, 0.2) is 0 Å². The Balaban J connectivity index is 1.46. The van der Waals surface area contributed by atoms with E-state index >= 15 is 0 Å². The Morgan fingerprint density at radius 2 is 1.67 bits per heavy atom. The first-order valence-electron chi connectivity index (χ1n) is 9.99.